The van der Waals surface area contributed by atoms with Crippen molar-refractivity contribution in [3.63, 3.8) is 0 Å². The van der Waals surface area contributed by atoms with Crippen molar-refractivity contribution in [1.29, 1.82) is 0 Å². The largest absolute Gasteiger partial charge is 1.00 e. The number of rotatable bonds is 8. The monoisotopic (exact) mass is 527 g/mol. The number of likely N-dealkylation sites (N-methyl/N-ethyl adjacent to an activating group) is 1. The van der Waals surface area contributed by atoms with Crippen molar-refractivity contribution in [2.75, 3.05) is 26.7 Å². The third-order valence-corrected chi connectivity index (χ3v) is 8.55. The van der Waals surface area contributed by atoms with Crippen LogP contribution in [-0.2, 0) is 21.6 Å². The zero-order valence-electron chi connectivity index (χ0n) is 16.8. The van der Waals surface area contributed by atoms with Crippen LogP contribution in [0.2, 0.25) is 0 Å². The molecule has 0 spiro atoms. The lowest BCUT2D eigenvalue weighted by Crippen LogP contribution is -3.00. The fourth-order valence-corrected chi connectivity index (χ4v) is 6.51. The molecular weight excluding hydrogens is 502 g/mol. The molecule has 1 N–H and O–H groups in total. The molecule has 0 saturated carbocycles. The number of ether oxygens (including phenoxy) is 1. The van der Waals surface area contributed by atoms with Crippen LogP contribution in [0, 0.1) is 0 Å². The Morgan fingerprint density at radius 3 is 2.33 bits per heavy atom. The van der Waals surface area contributed by atoms with Gasteiger partial charge in [-0.15, -0.1) is 34.0 Å². The molecule has 2 atom stereocenters. The molecule has 1 aliphatic heterocycles. The summed E-state index contributed by atoms with van der Waals surface area (Å²) in [5.41, 5.74) is -1.71. The van der Waals surface area contributed by atoms with Gasteiger partial charge >= 0.3 is 5.97 Å². The number of aryl methyl sites for hydroxylation is 1. The average molecular weight is 529 g/mol. The number of nitrogens with zero attached hydrogens (tertiary/aromatic N) is 1. The van der Waals surface area contributed by atoms with Gasteiger partial charge in [-0.1, -0.05) is 18.2 Å². The van der Waals surface area contributed by atoms with Crippen molar-refractivity contribution < 1.29 is 36.1 Å². The Morgan fingerprint density at radius 1 is 1.13 bits per heavy atom. The molecule has 2 unspecified atom stereocenters. The number of hydrogen-bond donors (Lipinski definition) is 1. The van der Waals surface area contributed by atoms with Gasteiger partial charge in [-0.05, 0) is 40.8 Å². The van der Waals surface area contributed by atoms with Gasteiger partial charge in [0.05, 0.1) is 29.9 Å². The fraction of sp³-hybridized carbons (Fsp3) is 0.409. The molecule has 0 radical (unpaired) electrons. The molecule has 3 aromatic heterocycles. The molecule has 1 saturated heterocycles. The maximum atomic E-state index is 13.1. The van der Waals surface area contributed by atoms with Gasteiger partial charge in [-0.2, -0.15) is 0 Å². The van der Waals surface area contributed by atoms with Crippen molar-refractivity contribution in [3.05, 3.63) is 67.2 Å². The van der Waals surface area contributed by atoms with E-state index < -0.39 is 11.6 Å². The smallest absolute Gasteiger partial charge is 0.349 e. The first kappa shape index (κ1) is 23.6. The zero-order chi connectivity index (χ0) is 20.3. The molecule has 0 amide bonds. The van der Waals surface area contributed by atoms with E-state index >= 15 is 0 Å². The normalized spacial score (nSPS) is 21.3. The highest BCUT2D eigenvalue weighted by molar-refractivity contribution is 7.12. The second-order valence-corrected chi connectivity index (χ2v) is 10.8. The first-order valence-electron chi connectivity index (χ1n) is 9.87. The topological polar surface area (TPSA) is 46.5 Å². The van der Waals surface area contributed by atoms with Gasteiger partial charge in [-0.25, -0.2) is 4.79 Å². The van der Waals surface area contributed by atoms with Gasteiger partial charge in [0.1, 0.15) is 6.54 Å². The van der Waals surface area contributed by atoms with E-state index in [0.29, 0.717) is 9.75 Å². The summed E-state index contributed by atoms with van der Waals surface area (Å²) < 4.78 is 6.80. The molecule has 4 rings (SSSR count). The van der Waals surface area contributed by atoms with Gasteiger partial charge < -0.3 is 31.3 Å². The molecule has 1 aliphatic rings. The van der Waals surface area contributed by atoms with Crippen LogP contribution in [0.4, 0.5) is 0 Å². The number of likely N-dealkylation sites (tertiary alicyclic amines) is 1. The molecule has 0 aliphatic carbocycles. The lowest BCUT2D eigenvalue weighted by atomic mass is 10.00. The number of quaternary nitrogens is 1. The Kier molecular flexibility index (Phi) is 7.92. The summed E-state index contributed by atoms with van der Waals surface area (Å²) in [6.45, 7) is 2.88. The second kappa shape index (κ2) is 10.1. The number of aliphatic hydroxyl groups is 1. The quantitative estimate of drug-likeness (QED) is 0.356. The highest BCUT2D eigenvalue weighted by atomic mass is 79.9. The lowest BCUT2D eigenvalue weighted by Gasteiger charge is -2.30. The predicted molar refractivity (Wildman–Crippen MR) is 120 cm³/mol. The van der Waals surface area contributed by atoms with E-state index in [1.807, 2.05) is 34.2 Å². The predicted octanol–water partition coefficient (Wildman–Crippen LogP) is 1.51. The van der Waals surface area contributed by atoms with Crippen LogP contribution in [0.1, 0.15) is 27.5 Å². The molecule has 1 fully saturated rings. The van der Waals surface area contributed by atoms with Crippen LogP contribution in [-0.4, -0.2) is 48.3 Å². The van der Waals surface area contributed by atoms with Crippen molar-refractivity contribution in [2.24, 2.45) is 0 Å². The Hall–Kier alpha value is -1.03. The minimum atomic E-state index is -1.71. The minimum Gasteiger partial charge on any atom is -1.00 e. The molecule has 4 heterocycles. The van der Waals surface area contributed by atoms with Gasteiger partial charge in [-0.3, -0.25) is 0 Å². The van der Waals surface area contributed by atoms with Crippen LogP contribution in [0.5, 0.6) is 0 Å². The standard InChI is InChI=1S/C22H26NO3S3.BrH/c1-23(11-2-6-18-7-3-13-27-18)12-10-17(16-23)26-21(24)22(25,19-8-4-14-28-19)20-9-5-15-29-20;/h3-5,7-9,13-15,17,25H,2,6,10-12,16H2,1H3;1H/q+1;/p-1. The highest BCUT2D eigenvalue weighted by Gasteiger charge is 2.46. The van der Waals surface area contributed by atoms with Gasteiger partial charge in [0.25, 0.3) is 0 Å². The number of hydrogen-bond acceptors (Lipinski definition) is 6. The fourth-order valence-electron chi connectivity index (χ4n) is 4.05. The van der Waals surface area contributed by atoms with Crippen LogP contribution in [0.25, 0.3) is 0 Å². The maximum absolute atomic E-state index is 13.1. The Balaban J connectivity index is 0.00000256. The highest BCUT2D eigenvalue weighted by Crippen LogP contribution is 2.37. The van der Waals surface area contributed by atoms with E-state index in [-0.39, 0.29) is 23.1 Å². The number of carbonyl (C=O) groups excluding carboxylic acids is 1. The second-order valence-electron chi connectivity index (χ2n) is 7.91. The number of carbonyl (C=O) groups is 1. The maximum Gasteiger partial charge on any atom is 0.349 e. The molecular formula is C22H26BrNO3S3. The van der Waals surface area contributed by atoms with Crippen LogP contribution in [0.15, 0.2) is 52.5 Å². The van der Waals surface area contributed by atoms with E-state index in [1.54, 1.807) is 12.1 Å². The van der Waals surface area contributed by atoms with Gasteiger partial charge in [0.2, 0.25) is 5.60 Å². The molecule has 4 nitrogen and oxygen atoms in total. The minimum absolute atomic E-state index is 0. The van der Waals surface area contributed by atoms with Crippen LogP contribution >= 0.6 is 34.0 Å². The number of halogens is 1. The summed E-state index contributed by atoms with van der Waals surface area (Å²) in [7, 11) is 2.24. The average Bonchev–Trinajstić information content (AvgIpc) is 3.49. The summed E-state index contributed by atoms with van der Waals surface area (Å²) in [5.74, 6) is -0.556. The summed E-state index contributed by atoms with van der Waals surface area (Å²) in [6.07, 6.45) is 2.92. The van der Waals surface area contributed by atoms with Crippen molar-refractivity contribution in [2.45, 2.75) is 31.0 Å². The number of esters is 1. The van der Waals surface area contributed by atoms with Gasteiger partial charge in [0.15, 0.2) is 6.10 Å². The molecule has 30 heavy (non-hydrogen) atoms. The SMILES string of the molecule is C[N+]1(CCCc2cccs2)CCC(OC(=O)C(O)(c2cccs2)c2cccs2)C1.[Br-]. The Labute approximate surface area is 200 Å². The summed E-state index contributed by atoms with van der Waals surface area (Å²) in [4.78, 5) is 15.8. The van der Waals surface area contributed by atoms with E-state index in [4.69, 9.17) is 4.74 Å². The third-order valence-electron chi connectivity index (χ3n) is 5.66. The van der Waals surface area contributed by atoms with Crippen molar-refractivity contribution in [1.82, 2.24) is 0 Å². The van der Waals surface area contributed by atoms with Crippen LogP contribution < -0.4 is 17.0 Å². The molecule has 0 bridgehead atoms. The zero-order valence-corrected chi connectivity index (χ0v) is 20.9. The third kappa shape index (κ3) is 5.06. The van der Waals surface area contributed by atoms with E-state index in [1.165, 1.54) is 27.6 Å². The summed E-state index contributed by atoms with van der Waals surface area (Å²) in [6, 6.07) is 11.6. The Bertz CT molecular complexity index is 878. The summed E-state index contributed by atoms with van der Waals surface area (Å²) >= 11 is 4.56. The first-order valence-corrected chi connectivity index (χ1v) is 12.5. The molecule has 0 aromatic carbocycles. The van der Waals surface area contributed by atoms with Crippen molar-refractivity contribution in [3.8, 4) is 0 Å². The molecule has 3 aromatic rings. The van der Waals surface area contributed by atoms with E-state index in [0.717, 1.165) is 43.4 Å². The van der Waals surface area contributed by atoms with E-state index in [2.05, 4.69) is 24.6 Å². The van der Waals surface area contributed by atoms with E-state index in [9.17, 15) is 9.90 Å². The van der Waals surface area contributed by atoms with Gasteiger partial charge in [0, 0.05) is 17.7 Å². The Morgan fingerprint density at radius 2 is 1.77 bits per heavy atom. The lowest BCUT2D eigenvalue weighted by molar-refractivity contribution is -0.899. The number of thiophene rings is 3. The molecule has 8 heteroatoms. The van der Waals surface area contributed by atoms with Crippen molar-refractivity contribution >= 4 is 40.0 Å². The molecule has 162 valence electrons. The summed E-state index contributed by atoms with van der Waals surface area (Å²) in [5, 5.41) is 17.3. The van der Waals surface area contributed by atoms with Crippen LogP contribution in [0.3, 0.4) is 0 Å². The first-order chi connectivity index (χ1) is 14.0.